The van der Waals surface area contributed by atoms with Crippen LogP contribution in [0.1, 0.15) is 48.5 Å². The van der Waals surface area contributed by atoms with Gasteiger partial charge in [0.15, 0.2) is 0 Å². The predicted molar refractivity (Wildman–Crippen MR) is 133 cm³/mol. The summed E-state index contributed by atoms with van der Waals surface area (Å²) in [5.74, 6) is 0.680. The van der Waals surface area contributed by atoms with Crippen molar-refractivity contribution in [2.45, 2.75) is 44.7 Å². The van der Waals surface area contributed by atoms with Crippen molar-refractivity contribution in [2.24, 2.45) is 5.92 Å². The van der Waals surface area contributed by atoms with E-state index in [-0.39, 0.29) is 17.9 Å². The van der Waals surface area contributed by atoms with Gasteiger partial charge in [-0.3, -0.25) is 9.78 Å². The molecule has 0 spiro atoms. The first-order valence-corrected chi connectivity index (χ1v) is 12.4. The molecule has 1 aliphatic heterocycles. The molecule has 1 fully saturated rings. The Kier molecular flexibility index (Phi) is 5.64. The molecule has 8 heteroatoms. The van der Waals surface area contributed by atoms with Gasteiger partial charge in [-0.05, 0) is 34.4 Å². The van der Waals surface area contributed by atoms with Gasteiger partial charge in [0.1, 0.15) is 6.33 Å². The molecule has 1 aliphatic carbocycles. The Morgan fingerprint density at radius 3 is 2.91 bits per heavy atom. The van der Waals surface area contributed by atoms with E-state index in [9.17, 15) is 4.79 Å². The number of likely N-dealkylation sites (tertiary alicyclic amines) is 1. The zero-order chi connectivity index (χ0) is 23.8. The molecule has 0 radical (unpaired) electrons. The van der Waals surface area contributed by atoms with Crippen molar-refractivity contribution in [1.82, 2.24) is 34.7 Å². The monoisotopic (exact) mass is 467 g/mol. The second-order valence-corrected chi connectivity index (χ2v) is 9.77. The van der Waals surface area contributed by atoms with Crippen molar-refractivity contribution >= 4 is 22.9 Å². The van der Waals surface area contributed by atoms with Crippen LogP contribution in [0.15, 0.2) is 61.2 Å². The van der Waals surface area contributed by atoms with Gasteiger partial charge in [-0.25, -0.2) is 4.68 Å². The fourth-order valence-corrected chi connectivity index (χ4v) is 5.60. The molecule has 4 heterocycles. The third-order valence-electron chi connectivity index (χ3n) is 7.59. The molecule has 2 aliphatic rings. The average Bonchev–Trinajstić information content (AvgIpc) is 3.64. The Bertz CT molecular complexity index is 1360. The molecule has 3 atom stereocenters. The molecular formula is C27H29N7O. The lowest BCUT2D eigenvalue weighted by Gasteiger charge is -2.39. The molecule has 1 saturated heterocycles. The predicted octanol–water partition coefficient (Wildman–Crippen LogP) is 3.88. The first-order chi connectivity index (χ1) is 17.2. The summed E-state index contributed by atoms with van der Waals surface area (Å²) in [7, 11) is 0. The summed E-state index contributed by atoms with van der Waals surface area (Å²) in [6.07, 6.45) is 12.5. The van der Waals surface area contributed by atoms with Crippen LogP contribution in [0.25, 0.3) is 17.0 Å². The van der Waals surface area contributed by atoms with Gasteiger partial charge in [0, 0.05) is 55.2 Å². The van der Waals surface area contributed by atoms with E-state index in [1.807, 2.05) is 24.4 Å². The Morgan fingerprint density at radius 2 is 2.09 bits per heavy atom. The fraction of sp³-hybridized carbons (Fsp3) is 0.370. The van der Waals surface area contributed by atoms with E-state index in [0.29, 0.717) is 18.9 Å². The zero-order valence-electron chi connectivity index (χ0n) is 19.9. The van der Waals surface area contributed by atoms with Crippen LogP contribution in [-0.2, 0) is 17.8 Å². The molecule has 1 aromatic carbocycles. The number of piperidine rings is 1. The maximum Gasteiger partial charge on any atom is 0.223 e. The third-order valence-corrected chi connectivity index (χ3v) is 7.59. The number of aromatic nitrogens is 6. The van der Waals surface area contributed by atoms with E-state index < -0.39 is 0 Å². The standard InChI is InChI=1S/C27H29N7O/c1-19-10-12-32(17-25(19)34-13-11-21-15-28-24-9-5-8-23(24)27(21)34)26(35)14-22(16-33-18-29-30-31-33)20-6-3-2-4-7-20/h2-8,11,13,15,18-19,22,25H,9-10,12,14,16-17H2,1H3/t19-,22?,25+/m1/s1. The summed E-state index contributed by atoms with van der Waals surface area (Å²) in [6, 6.07) is 12.6. The molecule has 0 saturated carbocycles. The second kappa shape index (κ2) is 9.09. The maximum atomic E-state index is 13.6. The first-order valence-electron chi connectivity index (χ1n) is 12.4. The lowest BCUT2D eigenvalue weighted by atomic mass is 9.91. The molecule has 1 amide bonds. The van der Waals surface area contributed by atoms with Gasteiger partial charge >= 0.3 is 0 Å². The van der Waals surface area contributed by atoms with Crippen molar-refractivity contribution in [3.05, 3.63) is 78.0 Å². The van der Waals surface area contributed by atoms with E-state index in [2.05, 4.69) is 73.4 Å². The van der Waals surface area contributed by atoms with Crippen molar-refractivity contribution in [1.29, 1.82) is 0 Å². The highest BCUT2D eigenvalue weighted by molar-refractivity contribution is 5.90. The van der Waals surface area contributed by atoms with Gasteiger partial charge in [-0.15, -0.1) is 5.10 Å². The van der Waals surface area contributed by atoms with Gasteiger partial charge in [-0.1, -0.05) is 49.4 Å². The van der Waals surface area contributed by atoms with Crippen LogP contribution in [0.3, 0.4) is 0 Å². The van der Waals surface area contributed by atoms with Crippen LogP contribution in [0.4, 0.5) is 0 Å². The number of nitrogens with zero attached hydrogens (tertiary/aromatic N) is 7. The molecule has 8 nitrogen and oxygen atoms in total. The van der Waals surface area contributed by atoms with Gasteiger partial charge in [-0.2, -0.15) is 0 Å². The van der Waals surface area contributed by atoms with Crippen LogP contribution >= 0.6 is 0 Å². The smallest absolute Gasteiger partial charge is 0.223 e. The SMILES string of the molecule is C[C@@H]1CCN(C(=O)CC(Cn2cnnn2)c2ccccc2)C[C@@H]1n1ccc2cnc3c(c21)C=CC3. The van der Waals surface area contributed by atoms with Crippen molar-refractivity contribution in [3.63, 3.8) is 0 Å². The van der Waals surface area contributed by atoms with Gasteiger partial charge < -0.3 is 9.47 Å². The number of rotatable bonds is 6. The van der Waals surface area contributed by atoms with Crippen LogP contribution in [-0.4, -0.2) is 53.7 Å². The van der Waals surface area contributed by atoms with E-state index in [0.717, 1.165) is 42.6 Å². The van der Waals surface area contributed by atoms with Crippen LogP contribution < -0.4 is 0 Å². The molecule has 6 rings (SSSR count). The highest BCUT2D eigenvalue weighted by atomic mass is 16.2. The topological polar surface area (TPSA) is 81.7 Å². The van der Waals surface area contributed by atoms with E-state index in [1.165, 1.54) is 11.1 Å². The number of pyridine rings is 1. The summed E-state index contributed by atoms with van der Waals surface area (Å²) >= 11 is 0. The van der Waals surface area contributed by atoms with Crippen LogP contribution in [0.5, 0.6) is 0 Å². The van der Waals surface area contributed by atoms with Gasteiger partial charge in [0.05, 0.1) is 23.8 Å². The summed E-state index contributed by atoms with van der Waals surface area (Å²) < 4.78 is 4.10. The number of allylic oxidation sites excluding steroid dienone is 1. The molecule has 178 valence electrons. The molecule has 3 aromatic heterocycles. The minimum Gasteiger partial charge on any atom is -0.342 e. The number of amides is 1. The Balaban J connectivity index is 1.25. The zero-order valence-corrected chi connectivity index (χ0v) is 19.9. The molecule has 0 bridgehead atoms. The number of carbonyl (C=O) groups is 1. The normalized spacial score (nSPS) is 20.3. The third kappa shape index (κ3) is 4.13. The van der Waals surface area contributed by atoms with Gasteiger partial charge in [0.2, 0.25) is 5.91 Å². The number of benzene rings is 1. The number of tetrazole rings is 1. The lowest BCUT2D eigenvalue weighted by Crippen LogP contribution is -2.44. The first kappa shape index (κ1) is 21.7. The average molecular weight is 468 g/mol. The number of fused-ring (bicyclic) bond motifs is 3. The summed E-state index contributed by atoms with van der Waals surface area (Å²) in [6.45, 7) is 4.39. The second-order valence-electron chi connectivity index (χ2n) is 9.77. The van der Waals surface area contributed by atoms with Crippen molar-refractivity contribution in [2.75, 3.05) is 13.1 Å². The summed E-state index contributed by atoms with van der Waals surface area (Å²) in [5, 5.41) is 12.7. The summed E-state index contributed by atoms with van der Waals surface area (Å²) in [5.41, 5.74) is 4.75. The minimum atomic E-state index is 0.0110. The lowest BCUT2D eigenvalue weighted by molar-refractivity contribution is -0.134. The molecular weight excluding hydrogens is 438 g/mol. The quantitative estimate of drug-likeness (QED) is 0.430. The number of hydrogen-bond acceptors (Lipinski definition) is 5. The highest BCUT2D eigenvalue weighted by Gasteiger charge is 2.32. The largest absolute Gasteiger partial charge is 0.342 e. The van der Waals surface area contributed by atoms with Crippen LogP contribution in [0, 0.1) is 5.92 Å². The van der Waals surface area contributed by atoms with Crippen molar-refractivity contribution in [3.8, 4) is 0 Å². The van der Waals surface area contributed by atoms with E-state index in [4.69, 9.17) is 0 Å². The van der Waals surface area contributed by atoms with E-state index >= 15 is 0 Å². The van der Waals surface area contributed by atoms with Crippen LogP contribution in [0.2, 0.25) is 0 Å². The number of carbonyl (C=O) groups excluding carboxylic acids is 1. The highest BCUT2D eigenvalue weighted by Crippen LogP contribution is 2.35. The molecule has 4 aromatic rings. The summed E-state index contributed by atoms with van der Waals surface area (Å²) in [4.78, 5) is 20.3. The Morgan fingerprint density at radius 1 is 1.20 bits per heavy atom. The maximum absolute atomic E-state index is 13.6. The number of hydrogen-bond donors (Lipinski definition) is 0. The van der Waals surface area contributed by atoms with Crippen molar-refractivity contribution < 1.29 is 4.79 Å². The molecule has 0 N–H and O–H groups in total. The molecule has 35 heavy (non-hydrogen) atoms. The minimum absolute atomic E-state index is 0.0110. The van der Waals surface area contributed by atoms with E-state index in [1.54, 1.807) is 11.0 Å². The Hall–Kier alpha value is -3.81. The fourth-order valence-electron chi connectivity index (χ4n) is 5.60. The molecule has 1 unspecified atom stereocenters. The van der Waals surface area contributed by atoms with Gasteiger partial charge in [0.25, 0.3) is 0 Å². The Labute approximate surface area is 204 Å².